The molecule has 0 saturated heterocycles. The maximum Gasteiger partial charge on any atom is 0.320 e. The molecular weight excluding hydrogens is 261 g/mol. The van der Waals surface area contributed by atoms with E-state index in [1.807, 2.05) is 13.8 Å². The lowest BCUT2D eigenvalue weighted by Gasteiger charge is -2.18. The van der Waals surface area contributed by atoms with E-state index >= 15 is 0 Å². The van der Waals surface area contributed by atoms with Gasteiger partial charge in [-0.25, -0.2) is 0 Å². The second kappa shape index (κ2) is 6.24. The number of nitrogens with one attached hydrogen (secondary N) is 1. The summed E-state index contributed by atoms with van der Waals surface area (Å²) >= 11 is 11.7. The fraction of sp³-hybridized carbons (Fsp3) is 0.417. The first-order valence-corrected chi connectivity index (χ1v) is 6.07. The number of halogens is 2. The van der Waals surface area contributed by atoms with E-state index in [9.17, 15) is 4.79 Å². The van der Waals surface area contributed by atoms with Crippen LogP contribution >= 0.6 is 23.2 Å². The molecule has 0 aliphatic carbocycles. The van der Waals surface area contributed by atoms with E-state index in [1.54, 1.807) is 18.2 Å². The van der Waals surface area contributed by atoms with Gasteiger partial charge in [0.25, 0.3) is 0 Å². The average molecular weight is 276 g/mol. The number of hydrogen-bond acceptors (Lipinski definition) is 2. The van der Waals surface area contributed by atoms with Crippen LogP contribution in [0.1, 0.15) is 19.4 Å². The number of carbonyl (C=O) groups is 1. The lowest BCUT2D eigenvalue weighted by Crippen LogP contribution is -2.40. The summed E-state index contributed by atoms with van der Waals surface area (Å²) in [5, 5.41) is 13.1. The normalized spacial score (nSPS) is 12.8. The Balaban J connectivity index is 2.68. The van der Waals surface area contributed by atoms with Crippen molar-refractivity contribution in [1.82, 2.24) is 5.32 Å². The summed E-state index contributed by atoms with van der Waals surface area (Å²) in [6.45, 7) is 4.14. The van der Waals surface area contributed by atoms with Crippen LogP contribution in [0.4, 0.5) is 0 Å². The number of hydrogen-bond donors (Lipinski definition) is 2. The molecule has 0 saturated carbocycles. The van der Waals surface area contributed by atoms with Crippen molar-refractivity contribution in [2.45, 2.75) is 26.4 Å². The molecule has 0 heterocycles. The van der Waals surface area contributed by atoms with Gasteiger partial charge in [0.2, 0.25) is 0 Å². The molecule has 1 atom stereocenters. The predicted molar refractivity (Wildman–Crippen MR) is 69.6 cm³/mol. The predicted octanol–water partition coefficient (Wildman–Crippen LogP) is 3.19. The summed E-state index contributed by atoms with van der Waals surface area (Å²) in [4.78, 5) is 11.0. The van der Waals surface area contributed by atoms with Crippen LogP contribution in [0.15, 0.2) is 18.2 Å². The van der Waals surface area contributed by atoms with Gasteiger partial charge in [0, 0.05) is 16.6 Å². The largest absolute Gasteiger partial charge is 0.480 e. The molecule has 0 bridgehead atoms. The summed E-state index contributed by atoms with van der Waals surface area (Å²) < 4.78 is 0. The van der Waals surface area contributed by atoms with E-state index in [0.29, 0.717) is 16.6 Å². The Morgan fingerprint density at radius 1 is 1.29 bits per heavy atom. The average Bonchev–Trinajstić information content (AvgIpc) is 2.14. The number of carboxylic acids is 1. The Labute approximate surface area is 111 Å². The van der Waals surface area contributed by atoms with Crippen molar-refractivity contribution in [3.05, 3.63) is 33.8 Å². The van der Waals surface area contributed by atoms with Gasteiger partial charge < -0.3 is 10.4 Å². The second-order valence-corrected chi connectivity index (χ2v) is 5.09. The van der Waals surface area contributed by atoms with E-state index in [2.05, 4.69) is 5.32 Å². The van der Waals surface area contributed by atoms with Crippen molar-refractivity contribution < 1.29 is 9.90 Å². The molecule has 5 heteroatoms. The van der Waals surface area contributed by atoms with Crippen LogP contribution in [-0.4, -0.2) is 17.1 Å². The molecule has 0 radical (unpaired) electrons. The van der Waals surface area contributed by atoms with Crippen molar-refractivity contribution >= 4 is 29.2 Å². The van der Waals surface area contributed by atoms with E-state index in [1.165, 1.54) is 0 Å². The molecule has 0 unspecified atom stereocenters. The zero-order valence-electron chi connectivity index (χ0n) is 9.71. The molecule has 3 nitrogen and oxygen atoms in total. The summed E-state index contributed by atoms with van der Waals surface area (Å²) in [7, 11) is 0. The monoisotopic (exact) mass is 275 g/mol. The van der Waals surface area contributed by atoms with Crippen LogP contribution in [-0.2, 0) is 11.3 Å². The first-order chi connectivity index (χ1) is 7.90. The smallest absolute Gasteiger partial charge is 0.320 e. The Hall–Kier alpha value is -0.770. The number of benzene rings is 1. The van der Waals surface area contributed by atoms with Gasteiger partial charge in [-0.2, -0.15) is 0 Å². The minimum atomic E-state index is -0.854. The maximum atomic E-state index is 11.0. The Morgan fingerprint density at radius 3 is 2.24 bits per heavy atom. The van der Waals surface area contributed by atoms with Gasteiger partial charge in [-0.3, -0.25) is 4.79 Å². The van der Waals surface area contributed by atoms with E-state index in [4.69, 9.17) is 28.3 Å². The minimum absolute atomic E-state index is 0.0159. The summed E-state index contributed by atoms with van der Waals surface area (Å²) in [6.07, 6.45) is 0. The molecule has 94 valence electrons. The van der Waals surface area contributed by atoms with Gasteiger partial charge >= 0.3 is 5.97 Å². The second-order valence-electron chi connectivity index (χ2n) is 4.22. The first-order valence-electron chi connectivity index (χ1n) is 5.31. The van der Waals surface area contributed by atoms with Gasteiger partial charge in [-0.15, -0.1) is 0 Å². The zero-order chi connectivity index (χ0) is 13.0. The van der Waals surface area contributed by atoms with Gasteiger partial charge in [0.1, 0.15) is 6.04 Å². The van der Waals surface area contributed by atoms with E-state index in [0.717, 1.165) is 5.56 Å². The highest BCUT2D eigenvalue weighted by molar-refractivity contribution is 6.34. The molecule has 17 heavy (non-hydrogen) atoms. The summed E-state index contributed by atoms with van der Waals surface area (Å²) in [5.41, 5.74) is 0.870. The minimum Gasteiger partial charge on any atom is -0.480 e. The lowest BCUT2D eigenvalue weighted by atomic mass is 10.0. The third kappa shape index (κ3) is 4.54. The SMILES string of the molecule is CC(C)[C@H](NCc1cc(Cl)cc(Cl)c1)C(=O)O. The van der Waals surface area contributed by atoms with Crippen LogP contribution in [0.5, 0.6) is 0 Å². The van der Waals surface area contributed by atoms with Crippen molar-refractivity contribution in [3.8, 4) is 0 Å². The first kappa shape index (κ1) is 14.3. The Bertz CT molecular complexity index is 387. The topological polar surface area (TPSA) is 49.3 Å². The summed E-state index contributed by atoms with van der Waals surface area (Å²) in [6, 6.07) is 4.59. The molecule has 1 aromatic carbocycles. The third-order valence-electron chi connectivity index (χ3n) is 2.38. The Kier molecular flexibility index (Phi) is 5.25. The van der Waals surface area contributed by atoms with Crippen LogP contribution in [0, 0.1) is 5.92 Å². The number of rotatable bonds is 5. The standard InChI is InChI=1S/C12H15Cl2NO2/c1-7(2)11(12(16)17)15-6-8-3-9(13)5-10(14)4-8/h3-5,7,11,15H,6H2,1-2H3,(H,16,17)/t11-/m0/s1. The quantitative estimate of drug-likeness (QED) is 0.868. The fourth-order valence-corrected chi connectivity index (χ4v) is 2.12. The van der Waals surface area contributed by atoms with Crippen LogP contribution < -0.4 is 5.32 Å². The lowest BCUT2D eigenvalue weighted by molar-refractivity contribution is -0.140. The molecule has 0 fully saturated rings. The summed E-state index contributed by atoms with van der Waals surface area (Å²) in [5.74, 6) is -0.838. The van der Waals surface area contributed by atoms with E-state index < -0.39 is 12.0 Å². The van der Waals surface area contributed by atoms with Crippen molar-refractivity contribution in [3.63, 3.8) is 0 Å². The van der Waals surface area contributed by atoms with Gasteiger partial charge in [0.05, 0.1) is 0 Å². The zero-order valence-corrected chi connectivity index (χ0v) is 11.2. The van der Waals surface area contributed by atoms with Crippen molar-refractivity contribution in [2.75, 3.05) is 0 Å². The number of aliphatic carboxylic acids is 1. The molecule has 1 aromatic rings. The van der Waals surface area contributed by atoms with Crippen LogP contribution in [0.3, 0.4) is 0 Å². The Morgan fingerprint density at radius 2 is 1.82 bits per heavy atom. The molecule has 0 aromatic heterocycles. The maximum absolute atomic E-state index is 11.0. The molecule has 0 spiro atoms. The third-order valence-corrected chi connectivity index (χ3v) is 2.82. The van der Waals surface area contributed by atoms with Crippen LogP contribution in [0.25, 0.3) is 0 Å². The molecule has 1 rings (SSSR count). The van der Waals surface area contributed by atoms with E-state index in [-0.39, 0.29) is 5.92 Å². The molecular formula is C12H15Cl2NO2. The highest BCUT2D eigenvalue weighted by atomic mass is 35.5. The number of carboxylic acid groups (broad SMARTS) is 1. The van der Waals surface area contributed by atoms with Gasteiger partial charge in [-0.05, 0) is 29.7 Å². The highest BCUT2D eigenvalue weighted by Gasteiger charge is 2.20. The molecule has 0 aliphatic heterocycles. The molecule has 0 aliphatic rings. The highest BCUT2D eigenvalue weighted by Crippen LogP contribution is 2.19. The van der Waals surface area contributed by atoms with Crippen molar-refractivity contribution in [1.29, 1.82) is 0 Å². The van der Waals surface area contributed by atoms with Crippen LogP contribution in [0.2, 0.25) is 10.0 Å². The molecule has 0 amide bonds. The van der Waals surface area contributed by atoms with Gasteiger partial charge in [-0.1, -0.05) is 37.0 Å². The van der Waals surface area contributed by atoms with Crippen molar-refractivity contribution in [2.24, 2.45) is 5.92 Å². The van der Waals surface area contributed by atoms with Gasteiger partial charge in [0.15, 0.2) is 0 Å². The molecule has 2 N–H and O–H groups in total. The fourth-order valence-electron chi connectivity index (χ4n) is 1.55.